The first-order valence-corrected chi connectivity index (χ1v) is 8.61. The highest BCUT2D eigenvalue weighted by Crippen LogP contribution is 2.32. The number of nitrogens with one attached hydrogen (secondary N) is 1. The minimum Gasteiger partial charge on any atom is -0.480 e. The molecule has 2 N–H and O–H groups in total. The van der Waals surface area contributed by atoms with Gasteiger partial charge in [0.15, 0.2) is 11.1 Å². The monoisotopic (exact) mass is 339 g/mol. The summed E-state index contributed by atoms with van der Waals surface area (Å²) >= 11 is 0. The van der Waals surface area contributed by atoms with E-state index in [0.29, 0.717) is 24.4 Å². The molecule has 1 atom stereocenters. The number of aryl methyl sites for hydroxylation is 2. The van der Waals surface area contributed by atoms with Gasteiger partial charge in [-0.1, -0.05) is 0 Å². The number of hydrogen-bond acceptors (Lipinski definition) is 5. The standard InChI is InChI=1S/C13H17N5O4S/c1-3-17-10(6-8(2)16-17)23(21,22)18-5-4-9-11(15-7-14-9)12(18)13(19)20/h6-7,12H,3-5H2,1-2H3,(H,14,15)(H,19,20)/t12-/m0/s1. The van der Waals surface area contributed by atoms with Crippen LogP contribution < -0.4 is 0 Å². The molecular formula is C13H17N5O4S. The molecule has 2 aromatic heterocycles. The van der Waals surface area contributed by atoms with Gasteiger partial charge in [0.2, 0.25) is 0 Å². The molecule has 0 fully saturated rings. The van der Waals surface area contributed by atoms with Crippen LogP contribution in [-0.2, 0) is 27.8 Å². The SMILES string of the molecule is CCn1nc(C)cc1S(=O)(=O)N1CCc2[nH]cnc2[C@H]1C(=O)O. The number of imidazole rings is 1. The maximum absolute atomic E-state index is 13.0. The van der Waals surface area contributed by atoms with Crippen molar-refractivity contribution in [2.24, 2.45) is 0 Å². The molecule has 2 aromatic rings. The van der Waals surface area contributed by atoms with Gasteiger partial charge in [-0.05, 0) is 19.9 Å². The van der Waals surface area contributed by atoms with Crippen LogP contribution >= 0.6 is 0 Å². The van der Waals surface area contributed by atoms with E-state index in [9.17, 15) is 18.3 Å². The number of aliphatic carboxylic acids is 1. The van der Waals surface area contributed by atoms with E-state index in [1.165, 1.54) is 17.1 Å². The summed E-state index contributed by atoms with van der Waals surface area (Å²) in [5, 5.41) is 13.7. The fraction of sp³-hybridized carbons (Fsp3) is 0.462. The Hall–Kier alpha value is -2.20. The zero-order chi connectivity index (χ0) is 16.8. The minimum absolute atomic E-state index is 0.00253. The van der Waals surface area contributed by atoms with Gasteiger partial charge in [-0.15, -0.1) is 0 Å². The van der Waals surface area contributed by atoms with Crippen LogP contribution in [0.25, 0.3) is 0 Å². The normalized spacial score (nSPS) is 18.8. The molecule has 0 bridgehead atoms. The molecule has 23 heavy (non-hydrogen) atoms. The molecule has 0 saturated heterocycles. The Morgan fingerprint density at radius 2 is 2.26 bits per heavy atom. The summed E-state index contributed by atoms with van der Waals surface area (Å²) in [5.74, 6) is -1.25. The fourth-order valence-corrected chi connectivity index (χ4v) is 4.63. The number of fused-ring (bicyclic) bond motifs is 1. The van der Waals surface area contributed by atoms with Crippen LogP contribution in [0.2, 0.25) is 0 Å². The van der Waals surface area contributed by atoms with E-state index < -0.39 is 22.0 Å². The Kier molecular flexibility index (Phi) is 3.72. The Labute approximate surface area is 133 Å². The zero-order valence-electron chi connectivity index (χ0n) is 12.7. The first kappa shape index (κ1) is 15.7. The first-order valence-electron chi connectivity index (χ1n) is 7.17. The number of nitrogens with zero attached hydrogens (tertiary/aromatic N) is 4. The average Bonchev–Trinajstić information content (AvgIpc) is 3.11. The van der Waals surface area contributed by atoms with Crippen molar-refractivity contribution in [3.05, 3.63) is 29.5 Å². The lowest BCUT2D eigenvalue weighted by Gasteiger charge is -2.31. The average molecular weight is 339 g/mol. The number of H-pyrrole nitrogens is 1. The quantitative estimate of drug-likeness (QED) is 0.827. The molecule has 3 rings (SSSR count). The maximum Gasteiger partial charge on any atom is 0.328 e. The maximum atomic E-state index is 13.0. The van der Waals surface area contributed by atoms with E-state index in [1.54, 1.807) is 13.8 Å². The molecule has 0 aliphatic carbocycles. The number of aromatic nitrogens is 4. The zero-order valence-corrected chi connectivity index (χ0v) is 13.5. The summed E-state index contributed by atoms with van der Waals surface area (Å²) in [5.41, 5.74) is 1.46. The minimum atomic E-state index is -4.00. The predicted molar refractivity (Wildman–Crippen MR) is 79.2 cm³/mol. The van der Waals surface area contributed by atoms with Gasteiger partial charge in [-0.2, -0.15) is 9.40 Å². The molecule has 124 valence electrons. The molecule has 1 aliphatic heterocycles. The van der Waals surface area contributed by atoms with Crippen LogP contribution in [0.4, 0.5) is 0 Å². The van der Waals surface area contributed by atoms with Crippen molar-refractivity contribution < 1.29 is 18.3 Å². The van der Waals surface area contributed by atoms with Crippen LogP contribution in [0.3, 0.4) is 0 Å². The van der Waals surface area contributed by atoms with Gasteiger partial charge < -0.3 is 10.1 Å². The van der Waals surface area contributed by atoms with E-state index >= 15 is 0 Å². The van der Waals surface area contributed by atoms with E-state index in [4.69, 9.17) is 0 Å². The van der Waals surface area contributed by atoms with Crippen LogP contribution in [-0.4, -0.2) is 50.1 Å². The third-order valence-corrected chi connectivity index (χ3v) is 5.72. The van der Waals surface area contributed by atoms with Crippen molar-refractivity contribution in [3.63, 3.8) is 0 Å². The molecule has 0 radical (unpaired) electrons. The van der Waals surface area contributed by atoms with E-state index in [0.717, 1.165) is 4.31 Å². The van der Waals surface area contributed by atoms with Crippen molar-refractivity contribution in [1.82, 2.24) is 24.1 Å². The lowest BCUT2D eigenvalue weighted by molar-refractivity contribution is -0.142. The summed E-state index contributed by atoms with van der Waals surface area (Å²) in [7, 11) is -4.00. The topological polar surface area (TPSA) is 121 Å². The molecule has 3 heterocycles. The highest BCUT2D eigenvalue weighted by molar-refractivity contribution is 7.89. The van der Waals surface area contributed by atoms with Gasteiger partial charge >= 0.3 is 5.97 Å². The van der Waals surface area contributed by atoms with Crippen molar-refractivity contribution in [2.75, 3.05) is 6.54 Å². The highest BCUT2D eigenvalue weighted by atomic mass is 32.2. The number of sulfonamides is 1. The van der Waals surface area contributed by atoms with Crippen molar-refractivity contribution in [3.8, 4) is 0 Å². The van der Waals surface area contributed by atoms with Crippen LogP contribution in [0.15, 0.2) is 17.4 Å². The molecule has 1 aliphatic rings. The first-order chi connectivity index (χ1) is 10.9. The Morgan fingerprint density at radius 3 is 2.91 bits per heavy atom. The fourth-order valence-electron chi connectivity index (χ4n) is 2.83. The van der Waals surface area contributed by atoms with E-state index in [2.05, 4.69) is 15.1 Å². The number of carbonyl (C=O) groups is 1. The summed E-state index contributed by atoms with van der Waals surface area (Å²) in [6, 6.07) is 0.119. The molecule has 0 spiro atoms. The van der Waals surface area contributed by atoms with Gasteiger partial charge in [0.25, 0.3) is 10.0 Å². The van der Waals surface area contributed by atoms with Crippen molar-refractivity contribution in [2.45, 2.75) is 37.9 Å². The number of carboxylic acids is 1. The number of hydrogen-bond donors (Lipinski definition) is 2. The Balaban J connectivity index is 2.11. The lowest BCUT2D eigenvalue weighted by atomic mass is 10.1. The largest absolute Gasteiger partial charge is 0.480 e. The molecular weight excluding hydrogens is 322 g/mol. The predicted octanol–water partition coefficient (Wildman–Crippen LogP) is 0.307. The molecule has 0 aromatic carbocycles. The molecule has 0 unspecified atom stereocenters. The van der Waals surface area contributed by atoms with E-state index in [1.807, 2.05) is 0 Å². The van der Waals surface area contributed by atoms with Crippen LogP contribution in [0.5, 0.6) is 0 Å². The number of aromatic amines is 1. The second-order valence-electron chi connectivity index (χ2n) is 5.31. The molecule has 0 saturated carbocycles. The van der Waals surface area contributed by atoms with Crippen molar-refractivity contribution in [1.29, 1.82) is 0 Å². The number of rotatable bonds is 4. The molecule has 0 amide bonds. The van der Waals surface area contributed by atoms with Gasteiger partial charge in [0.05, 0.1) is 17.7 Å². The Morgan fingerprint density at radius 1 is 1.52 bits per heavy atom. The second-order valence-corrected chi connectivity index (χ2v) is 7.15. The lowest BCUT2D eigenvalue weighted by Crippen LogP contribution is -2.44. The molecule has 9 nitrogen and oxygen atoms in total. The highest BCUT2D eigenvalue weighted by Gasteiger charge is 2.43. The van der Waals surface area contributed by atoms with E-state index in [-0.39, 0.29) is 17.3 Å². The smallest absolute Gasteiger partial charge is 0.328 e. The number of carboxylic acid groups (broad SMARTS) is 1. The summed E-state index contributed by atoms with van der Waals surface area (Å²) < 4.78 is 28.3. The third kappa shape index (κ3) is 2.43. The van der Waals surface area contributed by atoms with Crippen molar-refractivity contribution >= 4 is 16.0 Å². The van der Waals surface area contributed by atoms with Gasteiger partial charge in [0, 0.05) is 25.2 Å². The Bertz CT molecular complexity index is 854. The second kappa shape index (κ2) is 5.46. The summed E-state index contributed by atoms with van der Waals surface area (Å²) in [6.45, 7) is 3.92. The third-order valence-electron chi connectivity index (χ3n) is 3.85. The summed E-state index contributed by atoms with van der Waals surface area (Å²) in [6.07, 6.45) is 1.77. The summed E-state index contributed by atoms with van der Waals surface area (Å²) in [4.78, 5) is 18.5. The van der Waals surface area contributed by atoms with Gasteiger partial charge in [-0.3, -0.25) is 9.48 Å². The van der Waals surface area contributed by atoms with Gasteiger partial charge in [0.1, 0.15) is 0 Å². The van der Waals surface area contributed by atoms with Crippen LogP contribution in [0, 0.1) is 6.92 Å². The molecule has 10 heteroatoms. The van der Waals surface area contributed by atoms with Gasteiger partial charge in [-0.25, -0.2) is 13.4 Å². The van der Waals surface area contributed by atoms with Crippen LogP contribution in [0.1, 0.15) is 30.0 Å².